The second-order valence-electron chi connectivity index (χ2n) is 4.87. The fourth-order valence-corrected chi connectivity index (χ4v) is 3.07. The van der Waals surface area contributed by atoms with Gasteiger partial charge >= 0.3 is 5.97 Å². The fourth-order valence-electron chi connectivity index (χ4n) is 2.38. The van der Waals surface area contributed by atoms with Gasteiger partial charge in [0.25, 0.3) is 0 Å². The van der Waals surface area contributed by atoms with Crippen LogP contribution in [0.25, 0.3) is 0 Å². The van der Waals surface area contributed by atoms with Crippen molar-refractivity contribution >= 4 is 23.0 Å². The fraction of sp³-hybridized carbons (Fsp3) is 0.312. The maximum atomic E-state index is 12.0. The van der Waals surface area contributed by atoms with Gasteiger partial charge in [0.1, 0.15) is 0 Å². The molecule has 0 aliphatic carbocycles. The van der Waals surface area contributed by atoms with Crippen LogP contribution in [0.4, 0.5) is 5.69 Å². The highest BCUT2D eigenvalue weighted by atomic mass is 32.1. The molecule has 0 radical (unpaired) electrons. The van der Waals surface area contributed by atoms with Gasteiger partial charge in [-0.1, -0.05) is 6.07 Å². The van der Waals surface area contributed by atoms with E-state index in [-0.39, 0.29) is 5.97 Å². The highest BCUT2D eigenvalue weighted by Gasteiger charge is 2.13. The number of hydrogen-bond acceptors (Lipinski definition) is 4. The van der Waals surface area contributed by atoms with E-state index in [0.29, 0.717) is 12.2 Å². The Balaban J connectivity index is 1.59. The molecule has 0 bridgehead atoms. The molecule has 1 aromatic heterocycles. The Morgan fingerprint density at radius 2 is 2.30 bits per heavy atom. The van der Waals surface area contributed by atoms with E-state index in [1.165, 1.54) is 10.4 Å². The first-order valence-electron chi connectivity index (χ1n) is 6.89. The molecule has 2 heterocycles. The Bertz CT molecular complexity index is 593. The molecule has 0 saturated heterocycles. The third-order valence-electron chi connectivity index (χ3n) is 3.44. The maximum absolute atomic E-state index is 12.0. The molecule has 2 aromatic rings. The third kappa shape index (κ3) is 3.02. The van der Waals surface area contributed by atoms with Crippen molar-refractivity contribution in [2.45, 2.75) is 19.3 Å². The summed E-state index contributed by atoms with van der Waals surface area (Å²) in [4.78, 5) is 13.3. The number of benzene rings is 1. The molecule has 20 heavy (non-hydrogen) atoms. The lowest BCUT2D eigenvalue weighted by Crippen LogP contribution is -2.13. The minimum Gasteiger partial charge on any atom is -0.462 e. The average Bonchev–Trinajstić information content (AvgIpc) is 3.00. The molecule has 0 spiro atoms. The normalized spacial score (nSPS) is 13.4. The lowest BCUT2D eigenvalue weighted by atomic mass is 10.0. The van der Waals surface area contributed by atoms with Crippen LogP contribution in [0.3, 0.4) is 0 Å². The molecular formula is C16H17NO2S. The summed E-state index contributed by atoms with van der Waals surface area (Å²) in [6.07, 6.45) is 2.93. The highest BCUT2D eigenvalue weighted by molar-refractivity contribution is 7.09. The number of fused-ring (bicyclic) bond motifs is 1. The molecule has 3 nitrogen and oxygen atoms in total. The first-order chi connectivity index (χ1) is 9.83. The first-order valence-corrected chi connectivity index (χ1v) is 7.77. The summed E-state index contributed by atoms with van der Waals surface area (Å²) >= 11 is 1.69. The van der Waals surface area contributed by atoms with E-state index in [1.807, 2.05) is 29.6 Å². The number of esters is 1. The highest BCUT2D eigenvalue weighted by Crippen LogP contribution is 2.23. The van der Waals surface area contributed by atoms with Crippen LogP contribution in [-0.4, -0.2) is 19.1 Å². The van der Waals surface area contributed by atoms with Gasteiger partial charge in [-0.15, -0.1) is 11.3 Å². The molecule has 0 atom stereocenters. The van der Waals surface area contributed by atoms with Crippen LogP contribution in [-0.2, 0) is 17.6 Å². The lowest BCUT2D eigenvalue weighted by Gasteiger charge is -2.18. The van der Waals surface area contributed by atoms with Crippen molar-refractivity contribution in [3.8, 4) is 0 Å². The zero-order chi connectivity index (χ0) is 13.8. The van der Waals surface area contributed by atoms with E-state index < -0.39 is 0 Å². The summed E-state index contributed by atoms with van der Waals surface area (Å²) in [6, 6.07) is 9.84. The van der Waals surface area contributed by atoms with E-state index in [9.17, 15) is 4.79 Å². The van der Waals surface area contributed by atoms with Crippen molar-refractivity contribution < 1.29 is 9.53 Å². The first kappa shape index (κ1) is 13.2. The van der Waals surface area contributed by atoms with E-state index in [0.717, 1.165) is 31.5 Å². The number of rotatable bonds is 4. The molecule has 104 valence electrons. The van der Waals surface area contributed by atoms with Gasteiger partial charge in [0, 0.05) is 23.5 Å². The number of hydrogen-bond donors (Lipinski definition) is 1. The Morgan fingerprint density at radius 3 is 3.15 bits per heavy atom. The smallest absolute Gasteiger partial charge is 0.338 e. The molecule has 3 rings (SSSR count). The van der Waals surface area contributed by atoms with Gasteiger partial charge < -0.3 is 10.1 Å². The van der Waals surface area contributed by atoms with Crippen molar-refractivity contribution in [2.75, 3.05) is 18.5 Å². The minimum atomic E-state index is -0.227. The minimum absolute atomic E-state index is 0.227. The molecular weight excluding hydrogens is 270 g/mol. The molecule has 1 N–H and O–H groups in total. The molecule has 1 aliphatic rings. The molecule has 4 heteroatoms. The lowest BCUT2D eigenvalue weighted by molar-refractivity contribution is 0.0510. The van der Waals surface area contributed by atoms with Gasteiger partial charge in [-0.05, 0) is 48.1 Å². The van der Waals surface area contributed by atoms with Crippen LogP contribution >= 0.6 is 11.3 Å². The Hall–Kier alpha value is -1.81. The van der Waals surface area contributed by atoms with Gasteiger partial charge in [0.05, 0.1) is 12.2 Å². The standard InChI is InChI=1S/C16H17NO2S/c18-16(19-9-7-14-4-2-10-20-14)13-5-6-15-12(11-13)3-1-8-17-15/h2,4-6,10-11,17H,1,3,7-9H2. The second-order valence-corrected chi connectivity index (χ2v) is 5.90. The average molecular weight is 287 g/mol. The summed E-state index contributed by atoms with van der Waals surface area (Å²) in [5.41, 5.74) is 3.01. The number of aryl methyl sites for hydroxylation is 1. The maximum Gasteiger partial charge on any atom is 0.338 e. The number of nitrogens with one attached hydrogen (secondary N) is 1. The number of carbonyl (C=O) groups excluding carboxylic acids is 1. The van der Waals surface area contributed by atoms with Gasteiger partial charge in [-0.2, -0.15) is 0 Å². The number of carbonyl (C=O) groups is 1. The largest absolute Gasteiger partial charge is 0.462 e. The summed E-state index contributed by atoms with van der Waals surface area (Å²) in [7, 11) is 0. The molecule has 1 aromatic carbocycles. The Labute approximate surface area is 122 Å². The monoisotopic (exact) mass is 287 g/mol. The van der Waals surface area contributed by atoms with Crippen molar-refractivity contribution in [2.24, 2.45) is 0 Å². The number of ether oxygens (including phenoxy) is 1. The molecule has 0 amide bonds. The van der Waals surface area contributed by atoms with Crippen molar-refractivity contribution in [3.63, 3.8) is 0 Å². The van der Waals surface area contributed by atoms with Crippen molar-refractivity contribution in [1.82, 2.24) is 0 Å². The van der Waals surface area contributed by atoms with Crippen LogP contribution in [0.15, 0.2) is 35.7 Å². The molecule has 1 aliphatic heterocycles. The number of anilines is 1. The quantitative estimate of drug-likeness (QED) is 0.875. The molecule has 0 fully saturated rings. The zero-order valence-corrected chi connectivity index (χ0v) is 12.0. The van der Waals surface area contributed by atoms with Gasteiger partial charge in [-0.25, -0.2) is 4.79 Å². The zero-order valence-electron chi connectivity index (χ0n) is 11.2. The van der Waals surface area contributed by atoms with E-state index >= 15 is 0 Å². The van der Waals surface area contributed by atoms with Gasteiger partial charge in [0.2, 0.25) is 0 Å². The van der Waals surface area contributed by atoms with Gasteiger partial charge in [-0.3, -0.25) is 0 Å². The van der Waals surface area contributed by atoms with Crippen molar-refractivity contribution in [1.29, 1.82) is 0 Å². The summed E-state index contributed by atoms with van der Waals surface area (Å²) < 4.78 is 5.34. The van der Waals surface area contributed by atoms with Crippen LogP contribution < -0.4 is 5.32 Å². The summed E-state index contributed by atoms with van der Waals surface area (Å²) in [5, 5.41) is 5.38. The summed E-state index contributed by atoms with van der Waals surface area (Å²) in [5.74, 6) is -0.227. The van der Waals surface area contributed by atoms with Gasteiger partial charge in [0.15, 0.2) is 0 Å². The topological polar surface area (TPSA) is 38.3 Å². The predicted octanol–water partition coefficient (Wildman–Crippen LogP) is 3.51. The van der Waals surface area contributed by atoms with Crippen LogP contribution in [0, 0.1) is 0 Å². The van der Waals surface area contributed by atoms with Crippen LogP contribution in [0.2, 0.25) is 0 Å². The Kier molecular flexibility index (Phi) is 4.02. The Morgan fingerprint density at radius 1 is 1.35 bits per heavy atom. The van der Waals surface area contributed by atoms with Crippen LogP contribution in [0.1, 0.15) is 27.2 Å². The van der Waals surface area contributed by atoms with E-state index in [2.05, 4.69) is 11.4 Å². The van der Waals surface area contributed by atoms with E-state index in [4.69, 9.17) is 4.74 Å². The second kappa shape index (κ2) is 6.09. The predicted molar refractivity (Wildman–Crippen MR) is 81.6 cm³/mol. The van der Waals surface area contributed by atoms with Crippen molar-refractivity contribution in [3.05, 3.63) is 51.7 Å². The molecule has 0 saturated carbocycles. The third-order valence-corrected chi connectivity index (χ3v) is 4.38. The summed E-state index contributed by atoms with van der Waals surface area (Å²) in [6.45, 7) is 1.45. The number of thiophene rings is 1. The van der Waals surface area contributed by atoms with E-state index in [1.54, 1.807) is 11.3 Å². The van der Waals surface area contributed by atoms with Crippen LogP contribution in [0.5, 0.6) is 0 Å². The SMILES string of the molecule is O=C(OCCc1cccs1)c1ccc2c(c1)CCCN2. The molecule has 0 unspecified atom stereocenters.